The lowest BCUT2D eigenvalue weighted by Crippen LogP contribution is -2.36. The number of ketones is 1. The molecule has 1 fully saturated rings. The molecule has 0 aromatic carbocycles. The Kier molecular flexibility index (Phi) is 3.71. The van der Waals surface area contributed by atoms with Crippen molar-refractivity contribution in [2.45, 2.75) is 19.8 Å². The van der Waals surface area contributed by atoms with E-state index in [1.54, 1.807) is 0 Å². The lowest BCUT2D eigenvalue weighted by atomic mass is 9.71. The van der Waals surface area contributed by atoms with Gasteiger partial charge in [0.15, 0.2) is 0 Å². The zero-order valence-corrected chi connectivity index (χ0v) is 10.2. The summed E-state index contributed by atoms with van der Waals surface area (Å²) in [5.74, 6) is 0.871. The van der Waals surface area contributed by atoms with Gasteiger partial charge >= 0.3 is 0 Å². The normalized spacial score (nSPS) is 29.9. The lowest BCUT2D eigenvalue weighted by molar-refractivity contribution is -0.127. The maximum atomic E-state index is 11.9. The van der Waals surface area contributed by atoms with Crippen LogP contribution in [0.2, 0.25) is 0 Å². The minimum atomic E-state index is -0.285. The maximum Gasteiger partial charge on any atom is 0.150 e. The molecule has 0 aromatic rings. The van der Waals surface area contributed by atoms with Crippen molar-refractivity contribution in [3.63, 3.8) is 0 Å². The van der Waals surface area contributed by atoms with Crippen LogP contribution in [0.3, 0.4) is 0 Å². The minimum absolute atomic E-state index is 0.268. The number of carbonyl (C=O) groups is 1. The van der Waals surface area contributed by atoms with Gasteiger partial charge in [-0.05, 0) is 24.7 Å². The van der Waals surface area contributed by atoms with Gasteiger partial charge in [0, 0.05) is 5.41 Å². The lowest BCUT2D eigenvalue weighted by Gasteiger charge is -2.32. The Labute approximate surface area is 94.4 Å². The van der Waals surface area contributed by atoms with E-state index in [-0.39, 0.29) is 11.2 Å². The first-order valence-electron chi connectivity index (χ1n) is 4.95. The molecule has 0 bridgehead atoms. The Morgan fingerprint density at radius 2 is 1.86 bits per heavy atom. The Morgan fingerprint density at radius 3 is 2.14 bits per heavy atom. The van der Waals surface area contributed by atoms with Crippen LogP contribution >= 0.6 is 15.9 Å². The van der Waals surface area contributed by atoms with E-state index in [1.165, 1.54) is 0 Å². The van der Waals surface area contributed by atoms with Crippen LogP contribution in [0, 0.1) is 17.3 Å². The molecule has 1 rings (SSSR count). The first-order valence-corrected chi connectivity index (χ1v) is 6.07. The predicted octanol–water partition coefficient (Wildman–Crippen LogP) is 3.35. The molecule has 0 aliphatic heterocycles. The fourth-order valence-electron chi connectivity index (χ4n) is 2.52. The Bertz CT molecular complexity index is 241. The number of halogens is 1. The molecular weight excluding hydrogens is 240 g/mol. The van der Waals surface area contributed by atoms with E-state index in [2.05, 4.69) is 29.1 Å². The van der Waals surface area contributed by atoms with Crippen LogP contribution in [0.1, 0.15) is 19.8 Å². The molecular formula is C12H17BrO. The molecule has 0 radical (unpaired) electrons. The molecule has 1 aliphatic rings. The molecule has 0 amide bonds. The second-order valence-corrected chi connectivity index (χ2v) is 4.66. The molecule has 0 aromatic heterocycles. The number of hydrogen-bond acceptors (Lipinski definition) is 1. The highest BCUT2D eigenvalue weighted by atomic mass is 79.9. The van der Waals surface area contributed by atoms with Gasteiger partial charge in [0.1, 0.15) is 5.78 Å². The summed E-state index contributed by atoms with van der Waals surface area (Å²) in [5.41, 5.74) is -0.285. The first kappa shape index (κ1) is 11.7. The van der Waals surface area contributed by atoms with Gasteiger partial charge in [0.05, 0.1) is 5.33 Å². The molecule has 0 unspecified atom stereocenters. The van der Waals surface area contributed by atoms with E-state index in [9.17, 15) is 4.79 Å². The third kappa shape index (κ3) is 1.60. The molecule has 1 saturated carbocycles. The van der Waals surface area contributed by atoms with E-state index in [4.69, 9.17) is 0 Å². The maximum absolute atomic E-state index is 11.9. The van der Waals surface area contributed by atoms with Crippen LogP contribution in [-0.2, 0) is 4.79 Å². The standard InChI is InChI=1S/C12H17BrO/c1-4-9-6-7-10(5-2)12(9,3)11(14)8-13/h4-5,9-10H,1-2,6-8H2,3H3/t9-,10-/m1/s1. The van der Waals surface area contributed by atoms with Crippen molar-refractivity contribution in [2.75, 3.05) is 5.33 Å². The van der Waals surface area contributed by atoms with Gasteiger partial charge in [-0.3, -0.25) is 4.79 Å². The fourth-order valence-corrected chi connectivity index (χ4v) is 3.12. The first-order chi connectivity index (χ1) is 6.61. The molecule has 78 valence electrons. The largest absolute Gasteiger partial charge is 0.298 e. The van der Waals surface area contributed by atoms with Crippen molar-refractivity contribution in [3.8, 4) is 0 Å². The quantitative estimate of drug-likeness (QED) is 0.557. The number of carbonyl (C=O) groups excluding carboxylic acids is 1. The second kappa shape index (κ2) is 4.43. The predicted molar refractivity (Wildman–Crippen MR) is 63.5 cm³/mol. The summed E-state index contributed by atoms with van der Waals surface area (Å²) < 4.78 is 0. The van der Waals surface area contributed by atoms with Gasteiger partial charge in [0.25, 0.3) is 0 Å². The van der Waals surface area contributed by atoms with Crippen molar-refractivity contribution >= 4 is 21.7 Å². The van der Waals surface area contributed by atoms with Gasteiger partial charge in [-0.15, -0.1) is 13.2 Å². The number of alkyl halides is 1. The SMILES string of the molecule is C=C[C@@H]1CC[C@@H](C=C)C1(C)C(=O)CBr. The zero-order valence-electron chi connectivity index (χ0n) is 8.63. The summed E-state index contributed by atoms with van der Waals surface area (Å²) in [5, 5.41) is 0.429. The molecule has 1 nitrogen and oxygen atoms in total. The minimum Gasteiger partial charge on any atom is -0.298 e. The van der Waals surface area contributed by atoms with Gasteiger partial charge in [-0.1, -0.05) is 35.0 Å². The number of hydrogen-bond donors (Lipinski definition) is 0. The fraction of sp³-hybridized carbons (Fsp3) is 0.583. The molecule has 1 aliphatic carbocycles. The van der Waals surface area contributed by atoms with Crippen LogP contribution in [0.15, 0.2) is 25.3 Å². The molecule has 0 heterocycles. The monoisotopic (exact) mass is 256 g/mol. The van der Waals surface area contributed by atoms with E-state index >= 15 is 0 Å². The molecule has 14 heavy (non-hydrogen) atoms. The number of Topliss-reactive ketones (excluding diaryl/α,β-unsaturated/α-hetero) is 1. The summed E-state index contributed by atoms with van der Waals surface area (Å²) >= 11 is 3.26. The molecule has 2 atom stereocenters. The molecule has 2 heteroatoms. The number of allylic oxidation sites excluding steroid dienone is 2. The smallest absolute Gasteiger partial charge is 0.150 e. The molecule has 0 saturated heterocycles. The van der Waals surface area contributed by atoms with Crippen LogP contribution in [-0.4, -0.2) is 11.1 Å². The van der Waals surface area contributed by atoms with Crippen LogP contribution < -0.4 is 0 Å². The van der Waals surface area contributed by atoms with Crippen LogP contribution in [0.4, 0.5) is 0 Å². The van der Waals surface area contributed by atoms with Gasteiger partial charge in [0.2, 0.25) is 0 Å². The van der Waals surface area contributed by atoms with Crippen molar-refractivity contribution in [1.29, 1.82) is 0 Å². The summed E-state index contributed by atoms with van der Waals surface area (Å²) in [6.45, 7) is 9.69. The number of rotatable bonds is 4. The average molecular weight is 257 g/mol. The van der Waals surface area contributed by atoms with Crippen molar-refractivity contribution in [1.82, 2.24) is 0 Å². The van der Waals surface area contributed by atoms with Crippen LogP contribution in [0.25, 0.3) is 0 Å². The van der Waals surface area contributed by atoms with E-state index in [0.29, 0.717) is 17.2 Å². The molecule has 0 N–H and O–H groups in total. The second-order valence-electron chi connectivity index (χ2n) is 4.10. The summed E-state index contributed by atoms with van der Waals surface area (Å²) in [4.78, 5) is 11.9. The highest BCUT2D eigenvalue weighted by Gasteiger charge is 2.48. The van der Waals surface area contributed by atoms with Crippen molar-refractivity contribution in [2.24, 2.45) is 17.3 Å². The van der Waals surface area contributed by atoms with Crippen LogP contribution in [0.5, 0.6) is 0 Å². The Morgan fingerprint density at radius 1 is 1.43 bits per heavy atom. The highest BCUT2D eigenvalue weighted by Crippen LogP contribution is 2.49. The summed E-state index contributed by atoms with van der Waals surface area (Å²) in [6, 6.07) is 0. The summed E-state index contributed by atoms with van der Waals surface area (Å²) in [6.07, 6.45) is 5.94. The zero-order chi connectivity index (χ0) is 10.8. The Hall–Kier alpha value is -0.370. The highest BCUT2D eigenvalue weighted by molar-refractivity contribution is 9.09. The summed E-state index contributed by atoms with van der Waals surface area (Å²) in [7, 11) is 0. The molecule has 0 spiro atoms. The third-order valence-electron chi connectivity index (χ3n) is 3.62. The third-order valence-corrected chi connectivity index (χ3v) is 4.13. The Balaban J connectivity index is 3.02. The van der Waals surface area contributed by atoms with E-state index in [0.717, 1.165) is 12.8 Å². The van der Waals surface area contributed by atoms with E-state index in [1.807, 2.05) is 19.1 Å². The van der Waals surface area contributed by atoms with Gasteiger partial charge in [-0.2, -0.15) is 0 Å². The van der Waals surface area contributed by atoms with Gasteiger partial charge in [-0.25, -0.2) is 0 Å². The van der Waals surface area contributed by atoms with Gasteiger partial charge < -0.3 is 0 Å². The van der Waals surface area contributed by atoms with E-state index < -0.39 is 0 Å². The topological polar surface area (TPSA) is 17.1 Å². The van der Waals surface area contributed by atoms with Crippen molar-refractivity contribution < 1.29 is 4.79 Å². The van der Waals surface area contributed by atoms with Crippen molar-refractivity contribution in [3.05, 3.63) is 25.3 Å². The average Bonchev–Trinajstić information content (AvgIpc) is 2.54.